The number of amides is 1. The average molecular weight is 188 g/mol. The van der Waals surface area contributed by atoms with Gasteiger partial charge in [0.15, 0.2) is 0 Å². The highest BCUT2D eigenvalue weighted by Gasteiger charge is 2.30. The van der Waals surface area contributed by atoms with Crippen LogP contribution in [-0.2, 0) is 4.79 Å². The van der Waals surface area contributed by atoms with E-state index in [-0.39, 0.29) is 11.9 Å². The first-order chi connectivity index (χ1) is 5.65. The molecule has 70 valence electrons. The average Bonchev–Trinajstić information content (AvgIpc) is 2.51. The van der Waals surface area contributed by atoms with Gasteiger partial charge in [-0.2, -0.15) is 0 Å². The van der Waals surface area contributed by atoms with Gasteiger partial charge in [-0.25, -0.2) is 0 Å². The Bertz CT molecular complexity index is 172. The summed E-state index contributed by atoms with van der Waals surface area (Å²) in [5, 5.41) is 6.38. The predicted octanol–water partition coefficient (Wildman–Crippen LogP) is 0.419. The van der Waals surface area contributed by atoms with E-state index in [1.165, 1.54) is 0 Å². The lowest BCUT2D eigenvalue weighted by molar-refractivity contribution is -0.122. The number of hydrogen-bond acceptors (Lipinski definition) is 3. The van der Waals surface area contributed by atoms with Gasteiger partial charge in [0.2, 0.25) is 5.91 Å². The third kappa shape index (κ3) is 2.14. The van der Waals surface area contributed by atoms with E-state index in [1.54, 1.807) is 7.05 Å². The van der Waals surface area contributed by atoms with Crippen LogP contribution >= 0.6 is 11.8 Å². The summed E-state index contributed by atoms with van der Waals surface area (Å²) in [6.07, 6.45) is 0. The molecule has 1 amide bonds. The molecule has 1 rings (SSSR count). The second kappa shape index (κ2) is 4.14. The molecule has 2 N–H and O–H groups in total. The Morgan fingerprint density at radius 3 is 2.75 bits per heavy atom. The molecule has 0 aromatic heterocycles. The third-order valence-corrected chi connectivity index (χ3v) is 3.54. The fourth-order valence-corrected chi connectivity index (χ4v) is 2.50. The first-order valence-corrected chi connectivity index (χ1v) is 5.29. The van der Waals surface area contributed by atoms with Crippen molar-refractivity contribution in [2.24, 2.45) is 5.92 Å². The van der Waals surface area contributed by atoms with Crippen molar-refractivity contribution in [3.05, 3.63) is 0 Å². The highest BCUT2D eigenvalue weighted by molar-refractivity contribution is 8.00. The number of carbonyl (C=O) groups is 1. The summed E-state index contributed by atoms with van der Waals surface area (Å²) in [5.74, 6) is 1.58. The zero-order valence-corrected chi connectivity index (χ0v) is 8.57. The Morgan fingerprint density at radius 2 is 2.33 bits per heavy atom. The molecular weight excluding hydrogens is 172 g/mol. The van der Waals surface area contributed by atoms with Gasteiger partial charge in [0.05, 0.1) is 11.4 Å². The van der Waals surface area contributed by atoms with Crippen molar-refractivity contribution in [2.45, 2.75) is 25.3 Å². The van der Waals surface area contributed by atoms with E-state index in [1.807, 2.05) is 11.8 Å². The van der Waals surface area contributed by atoms with Gasteiger partial charge in [-0.1, -0.05) is 13.8 Å². The highest BCUT2D eigenvalue weighted by Crippen LogP contribution is 2.24. The number of hydrogen-bond donors (Lipinski definition) is 2. The molecule has 0 aliphatic carbocycles. The van der Waals surface area contributed by atoms with Crippen LogP contribution in [0.5, 0.6) is 0 Å². The van der Waals surface area contributed by atoms with Gasteiger partial charge >= 0.3 is 0 Å². The topological polar surface area (TPSA) is 41.1 Å². The van der Waals surface area contributed by atoms with Crippen LogP contribution in [0.25, 0.3) is 0 Å². The normalized spacial score (nSPS) is 29.3. The highest BCUT2D eigenvalue weighted by atomic mass is 32.2. The van der Waals surface area contributed by atoms with Crippen LogP contribution < -0.4 is 10.6 Å². The number of rotatable bonds is 2. The van der Waals surface area contributed by atoms with E-state index in [4.69, 9.17) is 0 Å². The van der Waals surface area contributed by atoms with Gasteiger partial charge in [0.25, 0.3) is 0 Å². The molecule has 3 nitrogen and oxygen atoms in total. The van der Waals surface area contributed by atoms with Crippen LogP contribution in [0.2, 0.25) is 0 Å². The lowest BCUT2D eigenvalue weighted by Gasteiger charge is -2.15. The molecule has 0 spiro atoms. The molecule has 12 heavy (non-hydrogen) atoms. The smallest absolute Gasteiger partial charge is 0.237 e. The second-order valence-corrected chi connectivity index (χ2v) is 4.51. The maximum absolute atomic E-state index is 11.2. The Balaban J connectivity index is 2.40. The molecule has 1 saturated heterocycles. The fraction of sp³-hybridized carbons (Fsp3) is 0.875. The standard InChI is InChI=1S/C8H16N2OS/c1-5(2)8-10-6(4-12-8)7(11)9-3/h5-6,8,10H,4H2,1-3H3,(H,9,11). The molecular formula is C8H16N2OS. The number of nitrogens with one attached hydrogen (secondary N) is 2. The molecule has 0 radical (unpaired) electrons. The molecule has 2 unspecified atom stereocenters. The molecule has 1 aliphatic rings. The molecule has 0 aromatic rings. The minimum Gasteiger partial charge on any atom is -0.358 e. The number of thioether (sulfide) groups is 1. The van der Waals surface area contributed by atoms with Crippen LogP contribution in [0.1, 0.15) is 13.8 Å². The molecule has 2 atom stereocenters. The molecule has 1 aliphatic heterocycles. The summed E-state index contributed by atoms with van der Waals surface area (Å²) in [6.45, 7) is 4.33. The molecule has 0 aromatic carbocycles. The summed E-state index contributed by atoms with van der Waals surface area (Å²) >= 11 is 1.83. The van der Waals surface area contributed by atoms with E-state index in [0.29, 0.717) is 11.3 Å². The maximum atomic E-state index is 11.2. The van der Waals surface area contributed by atoms with E-state index < -0.39 is 0 Å². The van der Waals surface area contributed by atoms with E-state index in [9.17, 15) is 4.79 Å². The number of likely N-dealkylation sites (N-methyl/N-ethyl adjacent to an activating group) is 1. The van der Waals surface area contributed by atoms with Crippen molar-refractivity contribution in [2.75, 3.05) is 12.8 Å². The lowest BCUT2D eigenvalue weighted by atomic mass is 10.2. The summed E-state index contributed by atoms with van der Waals surface area (Å²) in [4.78, 5) is 11.2. The molecule has 0 saturated carbocycles. The van der Waals surface area contributed by atoms with Crippen molar-refractivity contribution < 1.29 is 4.79 Å². The fourth-order valence-electron chi connectivity index (χ4n) is 1.20. The van der Waals surface area contributed by atoms with Crippen molar-refractivity contribution >= 4 is 17.7 Å². The largest absolute Gasteiger partial charge is 0.358 e. The van der Waals surface area contributed by atoms with Crippen molar-refractivity contribution in [3.63, 3.8) is 0 Å². The second-order valence-electron chi connectivity index (χ2n) is 3.33. The molecule has 1 heterocycles. The third-order valence-electron chi connectivity index (χ3n) is 1.98. The quantitative estimate of drug-likeness (QED) is 0.660. The number of carbonyl (C=O) groups excluding carboxylic acids is 1. The zero-order valence-electron chi connectivity index (χ0n) is 7.76. The Kier molecular flexibility index (Phi) is 3.40. The zero-order chi connectivity index (χ0) is 9.14. The summed E-state index contributed by atoms with van der Waals surface area (Å²) in [5.41, 5.74) is 0. The van der Waals surface area contributed by atoms with Crippen LogP contribution in [-0.4, -0.2) is 30.1 Å². The van der Waals surface area contributed by atoms with Gasteiger partial charge in [0, 0.05) is 12.8 Å². The Morgan fingerprint density at radius 1 is 1.67 bits per heavy atom. The van der Waals surface area contributed by atoms with E-state index in [0.717, 1.165) is 5.75 Å². The lowest BCUT2D eigenvalue weighted by Crippen LogP contribution is -2.43. The minimum atomic E-state index is 0.00685. The van der Waals surface area contributed by atoms with E-state index in [2.05, 4.69) is 24.5 Å². The van der Waals surface area contributed by atoms with Crippen molar-refractivity contribution in [3.8, 4) is 0 Å². The molecule has 1 fully saturated rings. The maximum Gasteiger partial charge on any atom is 0.237 e. The van der Waals surface area contributed by atoms with Crippen LogP contribution in [0.3, 0.4) is 0 Å². The Hall–Kier alpha value is -0.220. The van der Waals surface area contributed by atoms with E-state index >= 15 is 0 Å². The summed E-state index contributed by atoms with van der Waals surface area (Å²) in [7, 11) is 1.68. The molecule has 0 bridgehead atoms. The Labute approximate surface area is 77.7 Å². The van der Waals surface area contributed by atoms with Gasteiger partial charge in [-0.3, -0.25) is 10.1 Å². The first-order valence-electron chi connectivity index (χ1n) is 4.24. The van der Waals surface area contributed by atoms with Gasteiger partial charge in [0.1, 0.15) is 0 Å². The summed E-state index contributed by atoms with van der Waals surface area (Å²) < 4.78 is 0. The van der Waals surface area contributed by atoms with Crippen molar-refractivity contribution in [1.29, 1.82) is 0 Å². The summed E-state index contributed by atoms with van der Waals surface area (Å²) in [6, 6.07) is 0.00685. The van der Waals surface area contributed by atoms with Gasteiger partial charge in [-0.05, 0) is 5.92 Å². The van der Waals surface area contributed by atoms with Crippen LogP contribution in [0, 0.1) is 5.92 Å². The van der Waals surface area contributed by atoms with Crippen molar-refractivity contribution in [1.82, 2.24) is 10.6 Å². The van der Waals surface area contributed by atoms with Crippen LogP contribution in [0.4, 0.5) is 0 Å². The molecule has 4 heteroatoms. The minimum absolute atomic E-state index is 0.00685. The SMILES string of the molecule is CNC(=O)C1CSC(C(C)C)N1. The van der Waals surface area contributed by atoms with Crippen LogP contribution in [0.15, 0.2) is 0 Å². The first kappa shape index (κ1) is 9.86. The van der Waals surface area contributed by atoms with Gasteiger partial charge < -0.3 is 5.32 Å². The van der Waals surface area contributed by atoms with Gasteiger partial charge in [-0.15, -0.1) is 11.8 Å². The predicted molar refractivity (Wildman–Crippen MR) is 52.1 cm³/mol. The monoisotopic (exact) mass is 188 g/mol.